The predicted octanol–water partition coefficient (Wildman–Crippen LogP) is 4.59. The molecular formula is C21H24BrClN2O2. The first kappa shape index (κ1) is 21.5. The van der Waals surface area contributed by atoms with Crippen molar-refractivity contribution in [2.75, 3.05) is 0 Å². The second kappa shape index (κ2) is 9.90. The van der Waals surface area contributed by atoms with E-state index in [9.17, 15) is 9.59 Å². The zero-order valence-electron chi connectivity index (χ0n) is 15.7. The van der Waals surface area contributed by atoms with Crippen molar-refractivity contribution in [3.63, 3.8) is 0 Å². The Kier molecular flexibility index (Phi) is 7.87. The summed E-state index contributed by atoms with van der Waals surface area (Å²) >= 11 is 9.33. The third kappa shape index (κ3) is 6.67. The second-order valence-corrected chi connectivity index (χ2v) is 8.14. The highest BCUT2D eigenvalue weighted by Crippen LogP contribution is 2.16. The van der Waals surface area contributed by atoms with Crippen molar-refractivity contribution in [3.05, 3.63) is 69.2 Å². The summed E-state index contributed by atoms with van der Waals surface area (Å²) in [4.78, 5) is 27.1. The first-order valence-electron chi connectivity index (χ1n) is 8.85. The number of nitrogens with one attached hydrogen (secondary N) is 1. The largest absolute Gasteiger partial charge is 0.352 e. The van der Waals surface area contributed by atoms with Crippen molar-refractivity contribution >= 4 is 39.3 Å². The zero-order chi connectivity index (χ0) is 20.0. The Morgan fingerprint density at radius 3 is 2.11 bits per heavy atom. The van der Waals surface area contributed by atoms with Crippen LogP contribution in [0.15, 0.2) is 53.0 Å². The summed E-state index contributed by atoms with van der Waals surface area (Å²) in [6, 6.07) is 14.4. The van der Waals surface area contributed by atoms with Gasteiger partial charge < -0.3 is 10.2 Å². The summed E-state index contributed by atoms with van der Waals surface area (Å²) in [5, 5.41) is 3.51. The lowest BCUT2D eigenvalue weighted by Crippen LogP contribution is -2.49. The summed E-state index contributed by atoms with van der Waals surface area (Å²) in [6.45, 7) is 5.93. The molecule has 2 rings (SSSR count). The fourth-order valence-corrected chi connectivity index (χ4v) is 3.04. The van der Waals surface area contributed by atoms with Gasteiger partial charge in [-0.15, -0.1) is 0 Å². The molecule has 4 nitrogen and oxygen atoms in total. The van der Waals surface area contributed by atoms with Crippen molar-refractivity contribution < 1.29 is 9.59 Å². The number of hydrogen-bond donors (Lipinski definition) is 1. The number of benzene rings is 2. The van der Waals surface area contributed by atoms with Gasteiger partial charge in [0.2, 0.25) is 11.8 Å². The molecular weight excluding hydrogens is 428 g/mol. The number of nitrogens with zero attached hydrogens (tertiary/aromatic N) is 1. The molecule has 0 aromatic heterocycles. The Balaban J connectivity index is 2.21. The van der Waals surface area contributed by atoms with Gasteiger partial charge in [0, 0.05) is 22.1 Å². The van der Waals surface area contributed by atoms with Crippen molar-refractivity contribution in [3.8, 4) is 0 Å². The Bertz CT molecular complexity index is 776. The van der Waals surface area contributed by atoms with E-state index in [4.69, 9.17) is 11.6 Å². The second-order valence-electron chi connectivity index (χ2n) is 6.79. The molecule has 2 aromatic carbocycles. The number of carbonyl (C=O) groups excluding carboxylic acids is 2. The standard InChI is InChI=1S/C21H24BrClN2O2/c1-14(2)24-21(27)15(3)25(13-17-4-8-18(22)9-5-17)20(26)12-16-6-10-19(23)11-7-16/h4-11,14-15H,12-13H2,1-3H3,(H,24,27)/t15-/m1/s1. The molecule has 0 spiro atoms. The molecule has 6 heteroatoms. The summed E-state index contributed by atoms with van der Waals surface area (Å²) in [6.07, 6.45) is 0.215. The van der Waals surface area contributed by atoms with Crippen LogP contribution in [0.1, 0.15) is 31.9 Å². The van der Waals surface area contributed by atoms with Crippen LogP contribution in [0.4, 0.5) is 0 Å². The van der Waals surface area contributed by atoms with Gasteiger partial charge >= 0.3 is 0 Å². The summed E-state index contributed by atoms with van der Waals surface area (Å²) in [5.41, 5.74) is 1.83. The molecule has 0 bridgehead atoms. The van der Waals surface area contributed by atoms with E-state index >= 15 is 0 Å². The van der Waals surface area contributed by atoms with E-state index in [-0.39, 0.29) is 24.3 Å². The minimum Gasteiger partial charge on any atom is -0.352 e. The van der Waals surface area contributed by atoms with Crippen molar-refractivity contribution in [1.29, 1.82) is 0 Å². The maximum atomic E-state index is 13.0. The molecule has 144 valence electrons. The van der Waals surface area contributed by atoms with E-state index in [0.29, 0.717) is 11.6 Å². The Morgan fingerprint density at radius 1 is 1.00 bits per heavy atom. The Morgan fingerprint density at radius 2 is 1.56 bits per heavy atom. The Labute approximate surface area is 174 Å². The highest BCUT2D eigenvalue weighted by atomic mass is 79.9. The number of halogens is 2. The van der Waals surface area contributed by atoms with Crippen LogP contribution in [-0.4, -0.2) is 28.8 Å². The Hall–Kier alpha value is -1.85. The highest BCUT2D eigenvalue weighted by Gasteiger charge is 2.26. The van der Waals surface area contributed by atoms with Gasteiger partial charge in [0.05, 0.1) is 6.42 Å². The van der Waals surface area contributed by atoms with E-state index in [1.807, 2.05) is 50.2 Å². The summed E-state index contributed by atoms with van der Waals surface area (Å²) < 4.78 is 0.968. The van der Waals surface area contributed by atoms with Crippen LogP contribution in [0.3, 0.4) is 0 Å². The molecule has 0 saturated carbocycles. The van der Waals surface area contributed by atoms with Crippen LogP contribution in [0, 0.1) is 0 Å². The molecule has 1 N–H and O–H groups in total. The molecule has 0 aliphatic rings. The van der Waals surface area contributed by atoms with E-state index in [1.54, 1.807) is 24.0 Å². The lowest BCUT2D eigenvalue weighted by atomic mass is 10.1. The van der Waals surface area contributed by atoms with Crippen LogP contribution in [0.25, 0.3) is 0 Å². The third-order valence-corrected chi connectivity index (χ3v) is 4.91. The summed E-state index contributed by atoms with van der Waals surface area (Å²) in [7, 11) is 0. The molecule has 27 heavy (non-hydrogen) atoms. The number of amides is 2. The van der Waals surface area contributed by atoms with Gasteiger partial charge in [-0.05, 0) is 56.2 Å². The fourth-order valence-electron chi connectivity index (χ4n) is 2.65. The minimum atomic E-state index is -0.573. The number of carbonyl (C=O) groups is 2. The predicted molar refractivity (Wildman–Crippen MR) is 113 cm³/mol. The topological polar surface area (TPSA) is 49.4 Å². The monoisotopic (exact) mass is 450 g/mol. The van der Waals surface area contributed by atoms with Crippen molar-refractivity contribution in [2.24, 2.45) is 0 Å². The average molecular weight is 452 g/mol. The van der Waals surface area contributed by atoms with Crippen LogP contribution < -0.4 is 5.32 Å². The quantitative estimate of drug-likeness (QED) is 0.669. The maximum absolute atomic E-state index is 13.0. The van der Waals surface area contributed by atoms with E-state index in [2.05, 4.69) is 21.2 Å². The maximum Gasteiger partial charge on any atom is 0.242 e. The molecule has 0 aliphatic carbocycles. The molecule has 0 heterocycles. The summed E-state index contributed by atoms with van der Waals surface area (Å²) in [5.74, 6) is -0.266. The molecule has 2 amide bonds. The lowest BCUT2D eigenvalue weighted by molar-refractivity contribution is -0.140. The lowest BCUT2D eigenvalue weighted by Gasteiger charge is -2.29. The minimum absolute atomic E-state index is 0.0147. The zero-order valence-corrected chi connectivity index (χ0v) is 18.0. The van der Waals surface area contributed by atoms with Gasteiger partial charge in [-0.1, -0.05) is 51.8 Å². The normalized spacial score (nSPS) is 11.9. The smallest absolute Gasteiger partial charge is 0.242 e. The van der Waals surface area contributed by atoms with Crippen LogP contribution in [-0.2, 0) is 22.6 Å². The first-order valence-corrected chi connectivity index (χ1v) is 10.0. The highest BCUT2D eigenvalue weighted by molar-refractivity contribution is 9.10. The van der Waals surface area contributed by atoms with Crippen LogP contribution in [0.2, 0.25) is 5.02 Å². The average Bonchev–Trinajstić information content (AvgIpc) is 2.62. The van der Waals surface area contributed by atoms with Crippen LogP contribution in [0.5, 0.6) is 0 Å². The molecule has 0 unspecified atom stereocenters. The molecule has 0 fully saturated rings. The number of hydrogen-bond acceptors (Lipinski definition) is 2. The first-order chi connectivity index (χ1) is 12.8. The molecule has 0 radical (unpaired) electrons. The van der Waals surface area contributed by atoms with Gasteiger partial charge in [-0.25, -0.2) is 0 Å². The van der Waals surface area contributed by atoms with E-state index in [0.717, 1.165) is 15.6 Å². The molecule has 0 aliphatic heterocycles. The van der Waals surface area contributed by atoms with Gasteiger partial charge in [-0.3, -0.25) is 9.59 Å². The van der Waals surface area contributed by atoms with Crippen molar-refractivity contribution in [2.45, 2.75) is 45.8 Å². The van der Waals surface area contributed by atoms with Gasteiger partial charge in [0.25, 0.3) is 0 Å². The van der Waals surface area contributed by atoms with Gasteiger partial charge in [0.15, 0.2) is 0 Å². The van der Waals surface area contributed by atoms with Crippen molar-refractivity contribution in [1.82, 2.24) is 10.2 Å². The van der Waals surface area contributed by atoms with Crippen LogP contribution >= 0.6 is 27.5 Å². The SMILES string of the molecule is CC(C)NC(=O)[C@@H](C)N(Cc1ccc(Br)cc1)C(=O)Cc1ccc(Cl)cc1. The third-order valence-electron chi connectivity index (χ3n) is 4.13. The molecule has 0 saturated heterocycles. The van der Waals surface area contributed by atoms with Gasteiger partial charge in [-0.2, -0.15) is 0 Å². The molecule has 2 aromatic rings. The number of rotatable bonds is 7. The van der Waals surface area contributed by atoms with E-state index in [1.165, 1.54) is 0 Å². The fraction of sp³-hybridized carbons (Fsp3) is 0.333. The van der Waals surface area contributed by atoms with E-state index < -0.39 is 6.04 Å². The van der Waals surface area contributed by atoms with Gasteiger partial charge in [0.1, 0.15) is 6.04 Å². The molecule has 1 atom stereocenters.